The Labute approximate surface area is 94.5 Å². The van der Waals surface area contributed by atoms with E-state index >= 15 is 0 Å². The van der Waals surface area contributed by atoms with Crippen molar-refractivity contribution < 1.29 is 9.53 Å². The smallest absolute Gasteiger partial charge is 0.257 e. The number of ether oxygens (including phenoxy) is 1. The van der Waals surface area contributed by atoms with Crippen molar-refractivity contribution in [2.75, 3.05) is 26.3 Å². The summed E-state index contributed by atoms with van der Waals surface area (Å²) >= 11 is 0. The van der Waals surface area contributed by atoms with E-state index in [4.69, 9.17) is 4.74 Å². The van der Waals surface area contributed by atoms with Gasteiger partial charge in [0.2, 0.25) is 0 Å². The van der Waals surface area contributed by atoms with Crippen LogP contribution in [0.1, 0.15) is 21.7 Å². The maximum atomic E-state index is 12.2. The predicted octanol–water partition coefficient (Wildman–Crippen LogP) is 0.566. The Morgan fingerprint density at radius 3 is 2.38 bits per heavy atom. The van der Waals surface area contributed by atoms with Gasteiger partial charge in [-0.05, 0) is 13.8 Å². The van der Waals surface area contributed by atoms with Gasteiger partial charge in [-0.2, -0.15) is 0 Å². The predicted molar refractivity (Wildman–Crippen MR) is 58.2 cm³/mol. The zero-order valence-corrected chi connectivity index (χ0v) is 9.56. The van der Waals surface area contributed by atoms with Crippen molar-refractivity contribution in [1.29, 1.82) is 0 Å². The first-order chi connectivity index (χ1) is 7.70. The van der Waals surface area contributed by atoms with Crippen molar-refractivity contribution in [1.82, 2.24) is 14.9 Å². The van der Waals surface area contributed by atoms with Crippen LogP contribution in [0.5, 0.6) is 0 Å². The molecule has 1 aliphatic heterocycles. The number of hydrogen-bond donors (Lipinski definition) is 0. The number of aryl methyl sites for hydroxylation is 2. The monoisotopic (exact) mass is 221 g/mol. The van der Waals surface area contributed by atoms with Gasteiger partial charge in [0, 0.05) is 13.1 Å². The summed E-state index contributed by atoms with van der Waals surface area (Å²) in [6.45, 7) is 6.18. The molecule has 1 aromatic rings. The number of nitrogens with zero attached hydrogens (tertiary/aromatic N) is 3. The van der Waals surface area contributed by atoms with E-state index in [1.165, 1.54) is 6.33 Å². The summed E-state index contributed by atoms with van der Waals surface area (Å²) in [6.07, 6.45) is 1.49. The minimum atomic E-state index is 0.0129. The fourth-order valence-corrected chi connectivity index (χ4v) is 1.83. The zero-order valence-electron chi connectivity index (χ0n) is 9.56. The van der Waals surface area contributed by atoms with Gasteiger partial charge in [0.05, 0.1) is 30.2 Å². The number of rotatable bonds is 1. The van der Waals surface area contributed by atoms with Crippen LogP contribution in [0.4, 0.5) is 0 Å². The molecule has 1 saturated heterocycles. The number of carbonyl (C=O) groups is 1. The molecule has 0 unspecified atom stereocenters. The summed E-state index contributed by atoms with van der Waals surface area (Å²) in [5.74, 6) is 0.0129. The van der Waals surface area contributed by atoms with Crippen LogP contribution < -0.4 is 0 Å². The van der Waals surface area contributed by atoms with Crippen LogP contribution in [-0.4, -0.2) is 47.1 Å². The zero-order chi connectivity index (χ0) is 11.5. The molecule has 16 heavy (non-hydrogen) atoms. The van der Waals surface area contributed by atoms with Crippen LogP contribution in [0.2, 0.25) is 0 Å². The Hall–Kier alpha value is -1.49. The molecule has 0 aliphatic carbocycles. The van der Waals surface area contributed by atoms with E-state index in [-0.39, 0.29) is 5.91 Å². The van der Waals surface area contributed by atoms with Gasteiger partial charge in [0.1, 0.15) is 6.33 Å². The van der Waals surface area contributed by atoms with Crippen molar-refractivity contribution in [2.24, 2.45) is 0 Å². The second kappa shape index (κ2) is 4.57. The topological polar surface area (TPSA) is 55.3 Å². The maximum Gasteiger partial charge on any atom is 0.257 e. The molecule has 0 aromatic carbocycles. The van der Waals surface area contributed by atoms with Crippen molar-refractivity contribution in [3.05, 3.63) is 23.3 Å². The van der Waals surface area contributed by atoms with Crippen LogP contribution in [-0.2, 0) is 4.74 Å². The van der Waals surface area contributed by atoms with Gasteiger partial charge in [-0.1, -0.05) is 0 Å². The number of hydrogen-bond acceptors (Lipinski definition) is 4. The summed E-state index contributed by atoms with van der Waals surface area (Å²) in [5.41, 5.74) is 2.11. The van der Waals surface area contributed by atoms with E-state index in [0.717, 1.165) is 11.4 Å². The lowest BCUT2D eigenvalue weighted by atomic mass is 10.1. The van der Waals surface area contributed by atoms with Crippen LogP contribution in [0, 0.1) is 13.8 Å². The third kappa shape index (κ3) is 2.04. The Morgan fingerprint density at radius 2 is 1.81 bits per heavy atom. The first-order valence-electron chi connectivity index (χ1n) is 5.35. The van der Waals surface area contributed by atoms with E-state index in [1.54, 1.807) is 4.90 Å². The van der Waals surface area contributed by atoms with Crippen LogP contribution in [0.15, 0.2) is 6.33 Å². The van der Waals surface area contributed by atoms with Gasteiger partial charge in [0.15, 0.2) is 0 Å². The standard InChI is InChI=1S/C11H15N3O2/c1-8-10(9(2)13-7-12-8)11(15)14-3-5-16-6-4-14/h7H,3-6H2,1-2H3. The van der Waals surface area contributed by atoms with E-state index in [9.17, 15) is 4.79 Å². The minimum Gasteiger partial charge on any atom is -0.378 e. The lowest BCUT2D eigenvalue weighted by Gasteiger charge is -2.27. The Bertz CT molecular complexity index is 380. The van der Waals surface area contributed by atoms with Crippen LogP contribution in [0.25, 0.3) is 0 Å². The highest BCUT2D eigenvalue weighted by Gasteiger charge is 2.22. The van der Waals surface area contributed by atoms with E-state index < -0.39 is 0 Å². The Kier molecular flexibility index (Phi) is 3.14. The lowest BCUT2D eigenvalue weighted by molar-refractivity contribution is 0.0301. The lowest BCUT2D eigenvalue weighted by Crippen LogP contribution is -2.41. The number of aromatic nitrogens is 2. The van der Waals surface area contributed by atoms with Gasteiger partial charge in [-0.25, -0.2) is 9.97 Å². The van der Waals surface area contributed by atoms with Gasteiger partial charge in [-0.15, -0.1) is 0 Å². The fraction of sp³-hybridized carbons (Fsp3) is 0.545. The third-order valence-electron chi connectivity index (χ3n) is 2.74. The van der Waals surface area contributed by atoms with E-state index in [1.807, 2.05) is 13.8 Å². The number of carbonyl (C=O) groups excluding carboxylic acids is 1. The summed E-state index contributed by atoms with van der Waals surface area (Å²) in [6, 6.07) is 0. The highest BCUT2D eigenvalue weighted by molar-refractivity contribution is 5.96. The summed E-state index contributed by atoms with van der Waals surface area (Å²) in [5, 5.41) is 0. The highest BCUT2D eigenvalue weighted by atomic mass is 16.5. The van der Waals surface area contributed by atoms with Crippen molar-refractivity contribution in [2.45, 2.75) is 13.8 Å². The molecule has 5 heteroatoms. The molecular formula is C11H15N3O2. The largest absolute Gasteiger partial charge is 0.378 e. The van der Waals surface area contributed by atoms with Gasteiger partial charge in [0.25, 0.3) is 5.91 Å². The van der Waals surface area contributed by atoms with Gasteiger partial charge in [-0.3, -0.25) is 4.79 Å². The molecule has 1 aromatic heterocycles. The molecule has 1 fully saturated rings. The molecular weight excluding hydrogens is 206 g/mol. The first-order valence-corrected chi connectivity index (χ1v) is 5.35. The van der Waals surface area contributed by atoms with Crippen molar-refractivity contribution in [3.8, 4) is 0 Å². The van der Waals surface area contributed by atoms with Gasteiger partial charge >= 0.3 is 0 Å². The van der Waals surface area contributed by atoms with Crippen molar-refractivity contribution >= 4 is 5.91 Å². The second-order valence-electron chi connectivity index (χ2n) is 3.82. The Balaban J connectivity index is 2.26. The first kappa shape index (κ1) is 11.0. The molecule has 2 heterocycles. The summed E-state index contributed by atoms with van der Waals surface area (Å²) in [4.78, 5) is 22.2. The second-order valence-corrected chi connectivity index (χ2v) is 3.82. The van der Waals surface area contributed by atoms with Crippen LogP contribution in [0.3, 0.4) is 0 Å². The van der Waals surface area contributed by atoms with E-state index in [2.05, 4.69) is 9.97 Å². The van der Waals surface area contributed by atoms with Crippen LogP contribution >= 0.6 is 0 Å². The fourth-order valence-electron chi connectivity index (χ4n) is 1.83. The summed E-state index contributed by atoms with van der Waals surface area (Å²) < 4.78 is 5.22. The molecule has 1 aliphatic rings. The van der Waals surface area contributed by atoms with Gasteiger partial charge < -0.3 is 9.64 Å². The molecule has 0 saturated carbocycles. The number of amides is 1. The van der Waals surface area contributed by atoms with Crippen molar-refractivity contribution in [3.63, 3.8) is 0 Å². The quantitative estimate of drug-likeness (QED) is 0.695. The average molecular weight is 221 g/mol. The molecule has 0 radical (unpaired) electrons. The molecule has 0 atom stereocenters. The van der Waals surface area contributed by atoms with E-state index in [0.29, 0.717) is 31.9 Å². The highest BCUT2D eigenvalue weighted by Crippen LogP contribution is 2.12. The maximum absolute atomic E-state index is 12.2. The third-order valence-corrected chi connectivity index (χ3v) is 2.74. The SMILES string of the molecule is Cc1ncnc(C)c1C(=O)N1CCOCC1. The molecule has 0 N–H and O–H groups in total. The Morgan fingerprint density at radius 1 is 1.25 bits per heavy atom. The molecule has 1 amide bonds. The molecule has 0 bridgehead atoms. The molecule has 2 rings (SSSR count). The summed E-state index contributed by atoms with van der Waals surface area (Å²) in [7, 11) is 0. The molecule has 86 valence electrons. The molecule has 5 nitrogen and oxygen atoms in total. The normalized spacial score (nSPS) is 16.2. The average Bonchev–Trinajstić information content (AvgIpc) is 2.30. The minimum absolute atomic E-state index is 0.0129. The number of morpholine rings is 1. The molecule has 0 spiro atoms.